The third-order valence-electron chi connectivity index (χ3n) is 3.00. The molecule has 3 heteroatoms. The normalized spacial score (nSPS) is 23.6. The molecule has 0 amide bonds. The molecule has 0 bridgehead atoms. The van der Waals surface area contributed by atoms with Gasteiger partial charge in [-0.05, 0) is 31.7 Å². The van der Waals surface area contributed by atoms with E-state index in [2.05, 4.69) is 26.1 Å². The van der Waals surface area contributed by atoms with Gasteiger partial charge in [-0.2, -0.15) is 0 Å². The second-order valence-electron chi connectivity index (χ2n) is 5.02. The molecule has 3 nitrogen and oxygen atoms in total. The maximum absolute atomic E-state index is 5.78. The minimum atomic E-state index is 0.249. The zero-order chi connectivity index (χ0) is 11.8. The highest BCUT2D eigenvalue weighted by Gasteiger charge is 2.24. The molecule has 1 aliphatic rings. The third-order valence-corrected chi connectivity index (χ3v) is 3.00. The molecule has 0 aromatic rings. The summed E-state index contributed by atoms with van der Waals surface area (Å²) in [6, 6.07) is 0.461. The Balaban J connectivity index is 2.34. The Morgan fingerprint density at radius 3 is 2.62 bits per heavy atom. The number of ether oxygens (including phenoxy) is 2. The summed E-state index contributed by atoms with van der Waals surface area (Å²) in [6.45, 7) is 10.1. The predicted molar refractivity (Wildman–Crippen MR) is 66.7 cm³/mol. The highest BCUT2D eigenvalue weighted by molar-refractivity contribution is 4.79. The molecule has 1 N–H and O–H groups in total. The van der Waals surface area contributed by atoms with Crippen LogP contribution in [0.3, 0.4) is 0 Å². The van der Waals surface area contributed by atoms with E-state index in [1.807, 2.05) is 0 Å². The van der Waals surface area contributed by atoms with Crippen molar-refractivity contribution < 1.29 is 9.47 Å². The molecule has 0 saturated carbocycles. The molecular weight excluding hydrogens is 202 g/mol. The van der Waals surface area contributed by atoms with Crippen LogP contribution in [-0.2, 0) is 9.47 Å². The molecule has 2 unspecified atom stereocenters. The molecule has 96 valence electrons. The molecule has 2 atom stereocenters. The summed E-state index contributed by atoms with van der Waals surface area (Å²) >= 11 is 0. The highest BCUT2D eigenvalue weighted by Crippen LogP contribution is 2.14. The first-order valence-corrected chi connectivity index (χ1v) is 6.66. The number of hydrogen-bond acceptors (Lipinski definition) is 3. The van der Waals surface area contributed by atoms with E-state index in [0.29, 0.717) is 6.04 Å². The molecule has 0 spiro atoms. The van der Waals surface area contributed by atoms with Crippen LogP contribution in [0.1, 0.15) is 40.0 Å². The Bertz CT molecular complexity index is 167. The van der Waals surface area contributed by atoms with Crippen molar-refractivity contribution in [2.75, 3.05) is 26.4 Å². The summed E-state index contributed by atoms with van der Waals surface area (Å²) in [5.74, 6) is 0.760. The van der Waals surface area contributed by atoms with Crippen LogP contribution in [0.2, 0.25) is 0 Å². The van der Waals surface area contributed by atoms with Crippen LogP contribution >= 0.6 is 0 Å². The zero-order valence-electron chi connectivity index (χ0n) is 11.0. The molecule has 1 aliphatic heterocycles. The van der Waals surface area contributed by atoms with E-state index in [1.54, 1.807) is 0 Å². The van der Waals surface area contributed by atoms with E-state index < -0.39 is 0 Å². The van der Waals surface area contributed by atoms with Gasteiger partial charge in [0.25, 0.3) is 0 Å². The van der Waals surface area contributed by atoms with Crippen molar-refractivity contribution in [2.45, 2.75) is 52.2 Å². The van der Waals surface area contributed by atoms with E-state index in [0.717, 1.165) is 32.3 Å². The van der Waals surface area contributed by atoms with Gasteiger partial charge in [-0.3, -0.25) is 0 Å². The Morgan fingerprint density at radius 2 is 2.06 bits per heavy atom. The van der Waals surface area contributed by atoms with Crippen LogP contribution in [0.25, 0.3) is 0 Å². The Labute approximate surface area is 99.9 Å². The third kappa shape index (κ3) is 5.28. The molecule has 0 radical (unpaired) electrons. The molecule has 1 rings (SSSR count). The van der Waals surface area contributed by atoms with Gasteiger partial charge >= 0.3 is 0 Å². The van der Waals surface area contributed by atoms with Gasteiger partial charge in [0, 0.05) is 6.04 Å². The fraction of sp³-hybridized carbons (Fsp3) is 1.00. The van der Waals surface area contributed by atoms with Gasteiger partial charge < -0.3 is 14.8 Å². The minimum absolute atomic E-state index is 0.249. The topological polar surface area (TPSA) is 30.5 Å². The lowest BCUT2D eigenvalue weighted by molar-refractivity contribution is -0.103. The number of hydrogen-bond donors (Lipinski definition) is 1. The molecular formula is C13H27NO2. The fourth-order valence-electron chi connectivity index (χ4n) is 2.00. The van der Waals surface area contributed by atoms with Gasteiger partial charge in [0.05, 0.1) is 25.9 Å². The van der Waals surface area contributed by atoms with Crippen molar-refractivity contribution in [3.8, 4) is 0 Å². The van der Waals surface area contributed by atoms with Crippen LogP contribution < -0.4 is 5.32 Å². The molecule has 16 heavy (non-hydrogen) atoms. The quantitative estimate of drug-likeness (QED) is 0.726. The summed E-state index contributed by atoms with van der Waals surface area (Å²) in [6.07, 6.45) is 3.86. The average Bonchev–Trinajstić information content (AvgIpc) is 2.30. The van der Waals surface area contributed by atoms with Crippen LogP contribution in [0.15, 0.2) is 0 Å². The maximum atomic E-state index is 5.78. The second kappa shape index (κ2) is 8.04. The molecule has 0 aliphatic carbocycles. The lowest BCUT2D eigenvalue weighted by Crippen LogP contribution is -2.47. The Hall–Kier alpha value is -0.120. The summed E-state index contributed by atoms with van der Waals surface area (Å²) in [5.41, 5.74) is 0. The first-order chi connectivity index (χ1) is 7.74. The van der Waals surface area contributed by atoms with Gasteiger partial charge in [-0.25, -0.2) is 0 Å². The van der Waals surface area contributed by atoms with Crippen LogP contribution in [0.5, 0.6) is 0 Å². The molecule has 0 aromatic carbocycles. The number of nitrogens with one attached hydrogen (secondary N) is 1. The maximum Gasteiger partial charge on any atom is 0.0962 e. The lowest BCUT2D eigenvalue weighted by atomic mass is 9.99. The van der Waals surface area contributed by atoms with Crippen molar-refractivity contribution in [1.29, 1.82) is 0 Å². The summed E-state index contributed by atoms with van der Waals surface area (Å²) in [4.78, 5) is 0. The SMILES string of the molecule is CCCNC(CCC(C)C)C1COCCO1. The average molecular weight is 229 g/mol. The van der Waals surface area contributed by atoms with Crippen LogP contribution in [0, 0.1) is 5.92 Å². The zero-order valence-corrected chi connectivity index (χ0v) is 11.0. The molecule has 0 aromatic heterocycles. The summed E-state index contributed by atoms with van der Waals surface area (Å²) in [7, 11) is 0. The summed E-state index contributed by atoms with van der Waals surface area (Å²) < 4.78 is 11.3. The standard InChI is InChI=1S/C13H27NO2/c1-4-7-14-12(6-5-11(2)3)13-10-15-8-9-16-13/h11-14H,4-10H2,1-3H3. The molecule has 1 saturated heterocycles. The van der Waals surface area contributed by atoms with E-state index in [4.69, 9.17) is 9.47 Å². The molecule has 1 fully saturated rings. The Morgan fingerprint density at radius 1 is 1.25 bits per heavy atom. The largest absolute Gasteiger partial charge is 0.376 e. The monoisotopic (exact) mass is 229 g/mol. The van der Waals surface area contributed by atoms with Crippen LogP contribution in [-0.4, -0.2) is 38.5 Å². The van der Waals surface area contributed by atoms with Crippen molar-refractivity contribution in [2.24, 2.45) is 5.92 Å². The highest BCUT2D eigenvalue weighted by atomic mass is 16.6. The van der Waals surface area contributed by atoms with Crippen molar-refractivity contribution in [3.63, 3.8) is 0 Å². The predicted octanol–water partition coefficient (Wildman–Crippen LogP) is 2.21. The summed E-state index contributed by atoms with van der Waals surface area (Å²) in [5, 5.41) is 3.59. The smallest absolute Gasteiger partial charge is 0.0962 e. The first-order valence-electron chi connectivity index (χ1n) is 6.66. The number of rotatable bonds is 7. The van der Waals surface area contributed by atoms with Crippen molar-refractivity contribution in [3.05, 3.63) is 0 Å². The van der Waals surface area contributed by atoms with Gasteiger partial charge in [0.1, 0.15) is 0 Å². The van der Waals surface area contributed by atoms with E-state index in [1.165, 1.54) is 19.3 Å². The fourth-order valence-corrected chi connectivity index (χ4v) is 2.00. The Kier molecular flexibility index (Phi) is 7.01. The van der Waals surface area contributed by atoms with Crippen molar-refractivity contribution >= 4 is 0 Å². The van der Waals surface area contributed by atoms with E-state index >= 15 is 0 Å². The second-order valence-corrected chi connectivity index (χ2v) is 5.02. The van der Waals surface area contributed by atoms with Crippen LogP contribution in [0.4, 0.5) is 0 Å². The molecule has 1 heterocycles. The van der Waals surface area contributed by atoms with Gasteiger partial charge in [-0.15, -0.1) is 0 Å². The lowest BCUT2D eigenvalue weighted by Gasteiger charge is -2.31. The van der Waals surface area contributed by atoms with Crippen molar-refractivity contribution in [1.82, 2.24) is 5.32 Å². The van der Waals surface area contributed by atoms with E-state index in [-0.39, 0.29) is 6.10 Å². The first kappa shape index (κ1) is 13.9. The minimum Gasteiger partial charge on any atom is -0.376 e. The van der Waals surface area contributed by atoms with Gasteiger partial charge in [-0.1, -0.05) is 20.8 Å². The van der Waals surface area contributed by atoms with E-state index in [9.17, 15) is 0 Å². The van der Waals surface area contributed by atoms with Gasteiger partial charge in [0.2, 0.25) is 0 Å². The van der Waals surface area contributed by atoms with Gasteiger partial charge in [0.15, 0.2) is 0 Å².